The Kier molecular flexibility index (Phi) is 3.25. The standard InChI is InChI=1S/C15H14N4OS/c1-2-6-16-12(4-1)10-19-8-11(9-19)15-17-14(18-20-15)13-5-3-7-21-13/h1-7,11H,8-10H2. The van der Waals surface area contributed by atoms with Gasteiger partial charge in [0.05, 0.1) is 16.5 Å². The molecule has 0 radical (unpaired) electrons. The highest BCUT2D eigenvalue weighted by atomic mass is 32.1. The van der Waals surface area contributed by atoms with E-state index in [4.69, 9.17) is 4.52 Å². The van der Waals surface area contributed by atoms with Gasteiger partial charge in [-0.15, -0.1) is 11.3 Å². The van der Waals surface area contributed by atoms with Crippen LogP contribution >= 0.6 is 11.3 Å². The van der Waals surface area contributed by atoms with Crippen LogP contribution in [-0.4, -0.2) is 33.1 Å². The Morgan fingerprint density at radius 3 is 2.95 bits per heavy atom. The second kappa shape index (κ2) is 5.38. The van der Waals surface area contributed by atoms with E-state index in [1.807, 2.05) is 35.8 Å². The first kappa shape index (κ1) is 12.7. The SMILES string of the molecule is c1ccc(CN2CC(c3nc(-c4cccs4)no3)C2)nc1. The number of hydrogen-bond acceptors (Lipinski definition) is 6. The van der Waals surface area contributed by atoms with Crippen molar-refractivity contribution in [2.24, 2.45) is 0 Å². The molecule has 5 nitrogen and oxygen atoms in total. The molecule has 0 aromatic carbocycles. The molecule has 6 heteroatoms. The average Bonchev–Trinajstić information content (AvgIpc) is 3.14. The molecule has 3 aromatic heterocycles. The maximum absolute atomic E-state index is 5.39. The lowest BCUT2D eigenvalue weighted by molar-refractivity contribution is 0.116. The second-order valence-corrected chi connectivity index (χ2v) is 6.09. The molecule has 0 unspecified atom stereocenters. The zero-order valence-corrected chi connectivity index (χ0v) is 12.2. The lowest BCUT2D eigenvalue weighted by atomic mass is 10.00. The summed E-state index contributed by atoms with van der Waals surface area (Å²) in [4.78, 5) is 12.2. The Labute approximate surface area is 126 Å². The van der Waals surface area contributed by atoms with E-state index in [-0.39, 0.29) is 0 Å². The van der Waals surface area contributed by atoms with Gasteiger partial charge in [-0.05, 0) is 23.6 Å². The summed E-state index contributed by atoms with van der Waals surface area (Å²) >= 11 is 1.63. The Bertz CT molecular complexity index is 704. The molecule has 0 N–H and O–H groups in total. The van der Waals surface area contributed by atoms with Gasteiger partial charge in [0.2, 0.25) is 11.7 Å². The van der Waals surface area contributed by atoms with Crippen LogP contribution in [0.25, 0.3) is 10.7 Å². The van der Waals surface area contributed by atoms with Crippen LogP contribution < -0.4 is 0 Å². The van der Waals surface area contributed by atoms with Crippen LogP contribution in [0.15, 0.2) is 46.4 Å². The molecule has 1 saturated heterocycles. The predicted molar refractivity (Wildman–Crippen MR) is 79.9 cm³/mol. The number of aromatic nitrogens is 3. The summed E-state index contributed by atoms with van der Waals surface area (Å²) in [6.07, 6.45) is 1.83. The Morgan fingerprint density at radius 2 is 2.19 bits per heavy atom. The first-order chi connectivity index (χ1) is 10.4. The van der Waals surface area contributed by atoms with Crippen molar-refractivity contribution >= 4 is 11.3 Å². The fourth-order valence-corrected chi connectivity index (χ4v) is 3.13. The molecule has 4 heterocycles. The van der Waals surface area contributed by atoms with Crippen molar-refractivity contribution in [1.29, 1.82) is 0 Å². The minimum atomic E-state index is 0.343. The zero-order valence-electron chi connectivity index (χ0n) is 11.3. The second-order valence-electron chi connectivity index (χ2n) is 5.15. The van der Waals surface area contributed by atoms with Crippen molar-refractivity contribution < 1.29 is 4.52 Å². The molecular weight excluding hydrogens is 284 g/mol. The molecule has 4 rings (SSSR count). The van der Waals surface area contributed by atoms with Crippen LogP contribution in [0.5, 0.6) is 0 Å². The molecule has 106 valence electrons. The van der Waals surface area contributed by atoms with Crippen LogP contribution in [0.3, 0.4) is 0 Å². The van der Waals surface area contributed by atoms with Gasteiger partial charge < -0.3 is 4.52 Å². The molecule has 21 heavy (non-hydrogen) atoms. The number of likely N-dealkylation sites (tertiary alicyclic amines) is 1. The van der Waals surface area contributed by atoms with Crippen molar-refractivity contribution in [1.82, 2.24) is 20.0 Å². The van der Waals surface area contributed by atoms with Crippen molar-refractivity contribution in [2.75, 3.05) is 13.1 Å². The van der Waals surface area contributed by atoms with Gasteiger partial charge in [0.15, 0.2) is 0 Å². The van der Waals surface area contributed by atoms with Crippen LogP contribution in [0.1, 0.15) is 17.5 Å². The largest absolute Gasteiger partial charge is 0.339 e. The van der Waals surface area contributed by atoms with E-state index in [2.05, 4.69) is 26.1 Å². The fraction of sp³-hybridized carbons (Fsp3) is 0.267. The Balaban J connectivity index is 1.38. The van der Waals surface area contributed by atoms with Gasteiger partial charge in [-0.2, -0.15) is 4.98 Å². The van der Waals surface area contributed by atoms with E-state index in [0.717, 1.165) is 36.1 Å². The number of thiophene rings is 1. The molecule has 0 bridgehead atoms. The van der Waals surface area contributed by atoms with Crippen LogP contribution in [0, 0.1) is 0 Å². The van der Waals surface area contributed by atoms with Gasteiger partial charge in [-0.3, -0.25) is 9.88 Å². The first-order valence-electron chi connectivity index (χ1n) is 6.88. The molecule has 1 aliphatic heterocycles. The minimum Gasteiger partial charge on any atom is -0.339 e. The van der Waals surface area contributed by atoms with E-state index in [1.54, 1.807) is 11.3 Å². The van der Waals surface area contributed by atoms with Crippen LogP contribution in [-0.2, 0) is 6.54 Å². The summed E-state index contributed by atoms with van der Waals surface area (Å²) in [6.45, 7) is 2.77. The summed E-state index contributed by atoms with van der Waals surface area (Å²) in [6, 6.07) is 10.0. The van der Waals surface area contributed by atoms with Gasteiger partial charge in [-0.25, -0.2) is 0 Å². The van der Waals surface area contributed by atoms with E-state index in [9.17, 15) is 0 Å². The van der Waals surface area contributed by atoms with Gasteiger partial charge in [0.1, 0.15) is 0 Å². The molecule has 3 aromatic rings. The number of pyridine rings is 1. The lowest BCUT2D eigenvalue weighted by Gasteiger charge is -2.36. The minimum absolute atomic E-state index is 0.343. The summed E-state index contributed by atoms with van der Waals surface area (Å²) in [5, 5.41) is 6.08. The molecule has 0 aliphatic carbocycles. The van der Waals surface area contributed by atoms with Gasteiger partial charge in [-0.1, -0.05) is 17.3 Å². The van der Waals surface area contributed by atoms with E-state index in [1.165, 1.54) is 0 Å². The van der Waals surface area contributed by atoms with E-state index >= 15 is 0 Å². The van der Waals surface area contributed by atoms with E-state index in [0.29, 0.717) is 11.7 Å². The van der Waals surface area contributed by atoms with Gasteiger partial charge in [0.25, 0.3) is 0 Å². The number of rotatable bonds is 4. The summed E-state index contributed by atoms with van der Waals surface area (Å²) in [5.74, 6) is 1.79. The third-order valence-electron chi connectivity index (χ3n) is 3.60. The number of nitrogens with zero attached hydrogens (tertiary/aromatic N) is 4. The fourth-order valence-electron chi connectivity index (χ4n) is 2.48. The third kappa shape index (κ3) is 2.59. The van der Waals surface area contributed by atoms with E-state index < -0.39 is 0 Å². The molecule has 0 spiro atoms. The topological polar surface area (TPSA) is 55.1 Å². The van der Waals surface area contributed by atoms with Crippen molar-refractivity contribution in [3.63, 3.8) is 0 Å². The number of hydrogen-bond donors (Lipinski definition) is 0. The predicted octanol–water partition coefficient (Wildman–Crippen LogP) is 2.79. The zero-order chi connectivity index (χ0) is 14.1. The molecule has 0 saturated carbocycles. The Morgan fingerprint density at radius 1 is 1.24 bits per heavy atom. The van der Waals surface area contributed by atoms with Crippen molar-refractivity contribution in [3.8, 4) is 10.7 Å². The van der Waals surface area contributed by atoms with Gasteiger partial charge in [0, 0.05) is 25.8 Å². The maximum Gasteiger partial charge on any atom is 0.232 e. The molecule has 1 aliphatic rings. The third-order valence-corrected chi connectivity index (χ3v) is 4.47. The molecule has 0 amide bonds. The first-order valence-corrected chi connectivity index (χ1v) is 7.76. The molecular formula is C15H14N4OS. The highest BCUT2D eigenvalue weighted by Crippen LogP contribution is 2.29. The summed E-state index contributed by atoms with van der Waals surface area (Å²) in [5.41, 5.74) is 1.10. The normalized spacial score (nSPS) is 16.0. The van der Waals surface area contributed by atoms with Crippen molar-refractivity contribution in [3.05, 3.63) is 53.5 Å². The molecule has 0 atom stereocenters. The summed E-state index contributed by atoms with van der Waals surface area (Å²) in [7, 11) is 0. The highest BCUT2D eigenvalue weighted by molar-refractivity contribution is 7.13. The highest BCUT2D eigenvalue weighted by Gasteiger charge is 2.32. The van der Waals surface area contributed by atoms with Gasteiger partial charge >= 0.3 is 0 Å². The lowest BCUT2D eigenvalue weighted by Crippen LogP contribution is -2.44. The van der Waals surface area contributed by atoms with Crippen molar-refractivity contribution in [2.45, 2.75) is 12.5 Å². The smallest absolute Gasteiger partial charge is 0.232 e. The molecule has 1 fully saturated rings. The Hall–Kier alpha value is -2.05. The quantitative estimate of drug-likeness (QED) is 0.741. The maximum atomic E-state index is 5.39. The summed E-state index contributed by atoms with van der Waals surface area (Å²) < 4.78 is 5.39. The average molecular weight is 298 g/mol. The van der Waals surface area contributed by atoms with Crippen LogP contribution in [0.2, 0.25) is 0 Å². The monoisotopic (exact) mass is 298 g/mol. The van der Waals surface area contributed by atoms with Crippen LogP contribution in [0.4, 0.5) is 0 Å².